The highest BCUT2D eigenvalue weighted by Gasteiger charge is 2.04. The van der Waals surface area contributed by atoms with Crippen molar-refractivity contribution in [2.75, 3.05) is 5.73 Å². The fourth-order valence-electron chi connectivity index (χ4n) is 1.25. The molecule has 0 heterocycles. The Morgan fingerprint density at radius 3 is 2.00 bits per heavy atom. The molecular weight excluding hydrogens is 218 g/mol. The zero-order valence-electron chi connectivity index (χ0n) is 10.1. The van der Waals surface area contributed by atoms with E-state index in [1.807, 2.05) is 33.8 Å². The molecule has 0 aliphatic heterocycles. The SMILES string of the molecule is CC(C)=Nc1cc(N=C(C)C)c(S)cc1N. The Labute approximate surface area is 102 Å². The van der Waals surface area contributed by atoms with Crippen LogP contribution in [0.15, 0.2) is 27.0 Å². The van der Waals surface area contributed by atoms with Gasteiger partial charge in [0, 0.05) is 16.3 Å². The zero-order valence-corrected chi connectivity index (χ0v) is 11.0. The molecule has 0 saturated heterocycles. The van der Waals surface area contributed by atoms with E-state index >= 15 is 0 Å². The van der Waals surface area contributed by atoms with Crippen molar-refractivity contribution in [2.45, 2.75) is 32.6 Å². The first-order chi connectivity index (χ1) is 7.40. The van der Waals surface area contributed by atoms with Crippen LogP contribution in [0.5, 0.6) is 0 Å². The van der Waals surface area contributed by atoms with Gasteiger partial charge in [-0.25, -0.2) is 0 Å². The summed E-state index contributed by atoms with van der Waals surface area (Å²) >= 11 is 4.34. The van der Waals surface area contributed by atoms with Crippen LogP contribution in [0.4, 0.5) is 17.1 Å². The van der Waals surface area contributed by atoms with E-state index in [1.165, 1.54) is 0 Å². The van der Waals surface area contributed by atoms with Gasteiger partial charge in [-0.3, -0.25) is 9.98 Å². The highest BCUT2D eigenvalue weighted by Crippen LogP contribution is 2.34. The monoisotopic (exact) mass is 235 g/mol. The van der Waals surface area contributed by atoms with Gasteiger partial charge >= 0.3 is 0 Å². The van der Waals surface area contributed by atoms with Crippen LogP contribution in [0.1, 0.15) is 27.7 Å². The van der Waals surface area contributed by atoms with Gasteiger partial charge in [0.1, 0.15) is 0 Å². The van der Waals surface area contributed by atoms with Gasteiger partial charge < -0.3 is 5.73 Å². The molecule has 2 N–H and O–H groups in total. The summed E-state index contributed by atoms with van der Waals surface area (Å²) in [6.07, 6.45) is 0. The molecule has 0 aromatic heterocycles. The van der Waals surface area contributed by atoms with E-state index in [0.29, 0.717) is 5.69 Å². The van der Waals surface area contributed by atoms with Crippen LogP contribution in [-0.4, -0.2) is 11.4 Å². The molecule has 0 unspecified atom stereocenters. The summed E-state index contributed by atoms with van der Waals surface area (Å²) in [5.74, 6) is 0. The summed E-state index contributed by atoms with van der Waals surface area (Å²) in [6.45, 7) is 7.75. The molecule has 0 amide bonds. The molecule has 0 fully saturated rings. The minimum absolute atomic E-state index is 0.624. The number of anilines is 1. The van der Waals surface area contributed by atoms with Crippen molar-refractivity contribution in [3.63, 3.8) is 0 Å². The molecule has 86 valence electrons. The van der Waals surface area contributed by atoms with Crippen molar-refractivity contribution in [1.29, 1.82) is 0 Å². The van der Waals surface area contributed by atoms with E-state index in [2.05, 4.69) is 22.6 Å². The van der Waals surface area contributed by atoms with Crippen LogP contribution >= 0.6 is 12.6 Å². The summed E-state index contributed by atoms with van der Waals surface area (Å²) in [6, 6.07) is 3.64. The van der Waals surface area contributed by atoms with Gasteiger partial charge in [-0.15, -0.1) is 12.6 Å². The number of nitrogen functional groups attached to an aromatic ring is 1. The van der Waals surface area contributed by atoms with Crippen molar-refractivity contribution >= 4 is 41.1 Å². The van der Waals surface area contributed by atoms with Gasteiger partial charge in [0.25, 0.3) is 0 Å². The molecule has 0 spiro atoms. The number of thiol groups is 1. The largest absolute Gasteiger partial charge is 0.397 e. The van der Waals surface area contributed by atoms with Gasteiger partial charge in [0.05, 0.1) is 17.1 Å². The van der Waals surface area contributed by atoms with E-state index < -0.39 is 0 Å². The quantitative estimate of drug-likeness (QED) is 0.457. The number of benzene rings is 1. The fourth-order valence-corrected chi connectivity index (χ4v) is 1.50. The Balaban J connectivity index is 3.33. The molecule has 4 heteroatoms. The van der Waals surface area contributed by atoms with Gasteiger partial charge in [-0.2, -0.15) is 0 Å². The average molecular weight is 235 g/mol. The predicted molar refractivity (Wildman–Crippen MR) is 75.0 cm³/mol. The molecule has 0 aliphatic rings. The molecule has 16 heavy (non-hydrogen) atoms. The first-order valence-electron chi connectivity index (χ1n) is 5.06. The van der Waals surface area contributed by atoms with Crippen molar-refractivity contribution in [2.24, 2.45) is 9.98 Å². The third-order valence-electron chi connectivity index (χ3n) is 1.81. The minimum Gasteiger partial charge on any atom is -0.397 e. The second-order valence-electron chi connectivity index (χ2n) is 4.02. The average Bonchev–Trinajstić information content (AvgIpc) is 2.11. The maximum Gasteiger partial charge on any atom is 0.0880 e. The normalized spacial score (nSPS) is 9.81. The summed E-state index contributed by atoms with van der Waals surface area (Å²) < 4.78 is 0. The van der Waals surface area contributed by atoms with E-state index in [1.54, 1.807) is 6.07 Å². The van der Waals surface area contributed by atoms with Crippen LogP contribution in [-0.2, 0) is 0 Å². The van der Waals surface area contributed by atoms with Crippen LogP contribution in [0.2, 0.25) is 0 Å². The molecule has 3 nitrogen and oxygen atoms in total. The first kappa shape index (κ1) is 12.8. The predicted octanol–water partition coefficient (Wildman–Crippen LogP) is 3.78. The topological polar surface area (TPSA) is 50.7 Å². The molecular formula is C12H17N3S. The van der Waals surface area contributed by atoms with Crippen molar-refractivity contribution in [3.8, 4) is 0 Å². The highest BCUT2D eigenvalue weighted by molar-refractivity contribution is 7.80. The van der Waals surface area contributed by atoms with Crippen LogP contribution < -0.4 is 5.73 Å². The number of hydrogen-bond donors (Lipinski definition) is 2. The summed E-state index contributed by atoms with van der Waals surface area (Å²) in [5, 5.41) is 0. The maximum absolute atomic E-state index is 5.86. The number of nitrogens with two attached hydrogens (primary N) is 1. The van der Waals surface area contributed by atoms with Gasteiger partial charge in [-0.05, 0) is 39.8 Å². The van der Waals surface area contributed by atoms with Crippen molar-refractivity contribution in [1.82, 2.24) is 0 Å². The first-order valence-corrected chi connectivity index (χ1v) is 5.51. The summed E-state index contributed by atoms with van der Waals surface area (Å²) in [4.78, 5) is 9.51. The third kappa shape index (κ3) is 3.38. The van der Waals surface area contributed by atoms with Gasteiger partial charge in [0.2, 0.25) is 0 Å². The van der Waals surface area contributed by atoms with E-state index in [4.69, 9.17) is 5.73 Å². The molecule has 0 saturated carbocycles. The Hall–Kier alpha value is -1.29. The Morgan fingerprint density at radius 2 is 1.50 bits per heavy atom. The minimum atomic E-state index is 0.624. The van der Waals surface area contributed by atoms with Crippen LogP contribution in [0, 0.1) is 0 Å². The Morgan fingerprint density at radius 1 is 1.00 bits per heavy atom. The molecule has 0 aliphatic carbocycles. The molecule has 0 bridgehead atoms. The molecule has 1 aromatic carbocycles. The lowest BCUT2D eigenvalue weighted by Gasteiger charge is -2.06. The standard InChI is InChI=1S/C12H17N3S/c1-7(2)14-10-6-11(15-8(3)4)12(16)5-9(10)13/h5-6,16H,13H2,1-4H3. The van der Waals surface area contributed by atoms with Gasteiger partial charge in [0.15, 0.2) is 0 Å². The lowest BCUT2D eigenvalue weighted by Crippen LogP contribution is -1.89. The van der Waals surface area contributed by atoms with E-state index in [-0.39, 0.29) is 0 Å². The molecule has 1 aromatic rings. The molecule has 1 rings (SSSR count). The molecule has 0 atom stereocenters. The van der Waals surface area contributed by atoms with Crippen molar-refractivity contribution < 1.29 is 0 Å². The Bertz CT molecular complexity index is 414. The number of aliphatic imine (C=N–C) groups is 2. The second kappa shape index (κ2) is 5.16. The molecule has 0 radical (unpaired) electrons. The Kier molecular flexibility index (Phi) is 4.12. The fraction of sp³-hybridized carbons (Fsp3) is 0.333. The number of hydrogen-bond acceptors (Lipinski definition) is 4. The lowest BCUT2D eigenvalue weighted by atomic mass is 10.2. The van der Waals surface area contributed by atoms with Crippen LogP contribution in [0.3, 0.4) is 0 Å². The van der Waals surface area contributed by atoms with E-state index in [9.17, 15) is 0 Å². The zero-order chi connectivity index (χ0) is 12.3. The summed E-state index contributed by atoms with van der Waals surface area (Å²) in [7, 11) is 0. The van der Waals surface area contributed by atoms with Crippen molar-refractivity contribution in [3.05, 3.63) is 12.1 Å². The smallest absolute Gasteiger partial charge is 0.0880 e. The van der Waals surface area contributed by atoms with E-state index in [0.717, 1.165) is 27.7 Å². The number of nitrogens with zero attached hydrogens (tertiary/aromatic N) is 2. The second-order valence-corrected chi connectivity index (χ2v) is 4.50. The summed E-state index contributed by atoms with van der Waals surface area (Å²) in [5.41, 5.74) is 9.98. The lowest BCUT2D eigenvalue weighted by molar-refractivity contribution is 1.34. The van der Waals surface area contributed by atoms with Gasteiger partial charge in [-0.1, -0.05) is 0 Å². The van der Waals surface area contributed by atoms with Crippen LogP contribution in [0.25, 0.3) is 0 Å². The maximum atomic E-state index is 5.86. The third-order valence-corrected chi connectivity index (χ3v) is 2.17. The highest BCUT2D eigenvalue weighted by atomic mass is 32.1. The number of rotatable bonds is 2.